The summed E-state index contributed by atoms with van der Waals surface area (Å²) in [6.45, 7) is 2.14. The van der Waals surface area contributed by atoms with Crippen molar-refractivity contribution in [2.45, 2.75) is 17.6 Å². The second kappa shape index (κ2) is 5.83. The number of aryl methyl sites for hydroxylation is 1. The van der Waals surface area contributed by atoms with E-state index in [9.17, 15) is 0 Å². The van der Waals surface area contributed by atoms with E-state index in [1.807, 2.05) is 18.2 Å². The van der Waals surface area contributed by atoms with E-state index in [4.69, 9.17) is 10.5 Å². The highest BCUT2D eigenvalue weighted by Gasteiger charge is 2.03. The topological polar surface area (TPSA) is 35.2 Å². The van der Waals surface area contributed by atoms with Crippen LogP contribution in [-0.4, -0.2) is 7.11 Å². The summed E-state index contributed by atoms with van der Waals surface area (Å²) in [7, 11) is 1.64. The quantitative estimate of drug-likeness (QED) is 0.668. The van der Waals surface area contributed by atoms with Crippen LogP contribution >= 0.6 is 11.8 Å². The van der Waals surface area contributed by atoms with Crippen molar-refractivity contribution in [1.82, 2.24) is 0 Å². The normalized spacial score (nSPS) is 10.3. The Balaban J connectivity index is 2.09. The average molecular weight is 259 g/mol. The molecule has 0 aliphatic heterocycles. The van der Waals surface area contributed by atoms with E-state index in [-0.39, 0.29) is 0 Å². The highest BCUT2D eigenvalue weighted by atomic mass is 32.2. The first kappa shape index (κ1) is 12.8. The maximum atomic E-state index is 5.80. The number of methoxy groups -OCH3 is 1. The molecule has 0 saturated carbocycles. The molecule has 94 valence electrons. The van der Waals surface area contributed by atoms with Crippen LogP contribution in [0, 0.1) is 6.92 Å². The molecule has 2 aromatic carbocycles. The van der Waals surface area contributed by atoms with Gasteiger partial charge in [0.05, 0.1) is 12.8 Å². The lowest BCUT2D eigenvalue weighted by molar-refractivity contribution is 0.416. The zero-order valence-corrected chi connectivity index (χ0v) is 11.5. The summed E-state index contributed by atoms with van der Waals surface area (Å²) < 4.78 is 5.22. The van der Waals surface area contributed by atoms with Crippen LogP contribution in [0.1, 0.15) is 11.1 Å². The highest BCUT2D eigenvalue weighted by Crippen LogP contribution is 2.30. The van der Waals surface area contributed by atoms with Crippen molar-refractivity contribution in [2.75, 3.05) is 12.8 Å². The molecule has 0 radical (unpaired) electrons. The summed E-state index contributed by atoms with van der Waals surface area (Å²) in [6, 6.07) is 14.3. The van der Waals surface area contributed by atoms with Gasteiger partial charge in [0.25, 0.3) is 0 Å². The fraction of sp³-hybridized carbons (Fsp3) is 0.200. The molecule has 0 amide bonds. The van der Waals surface area contributed by atoms with E-state index < -0.39 is 0 Å². The molecule has 0 aliphatic carbocycles. The predicted octanol–water partition coefficient (Wildman–Crippen LogP) is 3.88. The minimum Gasteiger partial charge on any atom is -0.495 e. The lowest BCUT2D eigenvalue weighted by Gasteiger charge is -2.08. The monoisotopic (exact) mass is 259 g/mol. The van der Waals surface area contributed by atoms with E-state index in [2.05, 4.69) is 31.2 Å². The fourth-order valence-corrected chi connectivity index (χ4v) is 2.72. The van der Waals surface area contributed by atoms with Crippen LogP contribution in [-0.2, 0) is 5.75 Å². The van der Waals surface area contributed by atoms with E-state index >= 15 is 0 Å². The molecule has 0 heterocycles. The zero-order chi connectivity index (χ0) is 13.0. The summed E-state index contributed by atoms with van der Waals surface area (Å²) in [5.41, 5.74) is 9.16. The summed E-state index contributed by atoms with van der Waals surface area (Å²) in [5.74, 6) is 1.70. The Morgan fingerprint density at radius 2 is 1.94 bits per heavy atom. The minimum absolute atomic E-state index is 0.678. The Kier molecular flexibility index (Phi) is 4.15. The Labute approximate surface area is 112 Å². The van der Waals surface area contributed by atoms with Crippen molar-refractivity contribution in [3.63, 3.8) is 0 Å². The van der Waals surface area contributed by atoms with Crippen LogP contribution in [0.5, 0.6) is 5.75 Å². The Morgan fingerprint density at radius 3 is 2.67 bits per heavy atom. The van der Waals surface area contributed by atoms with Crippen molar-refractivity contribution < 1.29 is 4.74 Å². The molecule has 0 fully saturated rings. The number of ether oxygens (including phenoxy) is 1. The zero-order valence-electron chi connectivity index (χ0n) is 10.6. The van der Waals surface area contributed by atoms with Gasteiger partial charge in [-0.15, -0.1) is 11.8 Å². The van der Waals surface area contributed by atoms with Crippen molar-refractivity contribution in [3.05, 3.63) is 53.6 Å². The second-order valence-corrected chi connectivity index (χ2v) is 5.17. The summed E-state index contributed by atoms with van der Waals surface area (Å²) in [5, 5.41) is 0. The van der Waals surface area contributed by atoms with Crippen LogP contribution in [0.4, 0.5) is 5.69 Å². The number of thioether (sulfide) groups is 1. The van der Waals surface area contributed by atoms with Gasteiger partial charge in [0.1, 0.15) is 5.75 Å². The van der Waals surface area contributed by atoms with E-state index in [0.717, 1.165) is 11.5 Å². The van der Waals surface area contributed by atoms with Gasteiger partial charge in [-0.05, 0) is 36.2 Å². The third-order valence-corrected chi connectivity index (χ3v) is 3.90. The fourth-order valence-electron chi connectivity index (χ4n) is 1.71. The van der Waals surface area contributed by atoms with Crippen molar-refractivity contribution in [2.24, 2.45) is 0 Å². The van der Waals surface area contributed by atoms with Gasteiger partial charge in [0.15, 0.2) is 0 Å². The molecule has 0 aliphatic rings. The number of hydrogen-bond acceptors (Lipinski definition) is 3. The number of hydrogen-bond donors (Lipinski definition) is 1. The molecule has 0 aromatic heterocycles. The molecular formula is C15H17NOS. The van der Waals surface area contributed by atoms with E-state index in [1.165, 1.54) is 16.0 Å². The first-order valence-electron chi connectivity index (χ1n) is 5.81. The van der Waals surface area contributed by atoms with Crippen LogP contribution < -0.4 is 10.5 Å². The number of rotatable bonds is 4. The predicted molar refractivity (Wildman–Crippen MR) is 78.1 cm³/mol. The molecule has 0 atom stereocenters. The molecule has 2 N–H and O–H groups in total. The molecule has 0 unspecified atom stereocenters. The lowest BCUT2D eigenvalue weighted by Crippen LogP contribution is -1.92. The largest absolute Gasteiger partial charge is 0.495 e. The van der Waals surface area contributed by atoms with Gasteiger partial charge in [-0.1, -0.05) is 24.3 Å². The van der Waals surface area contributed by atoms with Crippen molar-refractivity contribution in [1.29, 1.82) is 0 Å². The molecule has 2 aromatic rings. The van der Waals surface area contributed by atoms with Gasteiger partial charge in [0, 0.05) is 10.6 Å². The number of nitrogen functional groups attached to an aromatic ring is 1. The number of anilines is 1. The molecule has 2 rings (SSSR count). The second-order valence-electron chi connectivity index (χ2n) is 4.12. The van der Waals surface area contributed by atoms with Gasteiger partial charge in [0.2, 0.25) is 0 Å². The lowest BCUT2D eigenvalue weighted by atomic mass is 10.1. The summed E-state index contributed by atoms with van der Waals surface area (Å²) >= 11 is 1.79. The van der Waals surface area contributed by atoms with Crippen LogP contribution in [0.25, 0.3) is 0 Å². The number of benzene rings is 2. The molecule has 0 spiro atoms. The minimum atomic E-state index is 0.678. The Hall–Kier alpha value is -1.61. The molecule has 3 heteroatoms. The van der Waals surface area contributed by atoms with Crippen LogP contribution in [0.15, 0.2) is 47.4 Å². The first-order chi connectivity index (χ1) is 8.70. The Bertz CT molecular complexity index is 540. The molecule has 18 heavy (non-hydrogen) atoms. The number of nitrogens with two attached hydrogens (primary N) is 1. The van der Waals surface area contributed by atoms with E-state index in [1.54, 1.807) is 18.9 Å². The van der Waals surface area contributed by atoms with Crippen molar-refractivity contribution in [3.8, 4) is 5.75 Å². The first-order valence-corrected chi connectivity index (χ1v) is 6.80. The SMILES string of the molecule is COc1cc(SCc2ccccc2C)ccc1N. The van der Waals surface area contributed by atoms with Crippen LogP contribution in [0.2, 0.25) is 0 Å². The standard InChI is InChI=1S/C15H17NOS/c1-11-5-3-4-6-12(11)10-18-13-7-8-14(16)15(9-13)17-2/h3-9H,10,16H2,1-2H3. The smallest absolute Gasteiger partial charge is 0.142 e. The third kappa shape index (κ3) is 2.99. The third-order valence-electron chi connectivity index (χ3n) is 2.86. The molecule has 0 bridgehead atoms. The molecule has 0 saturated heterocycles. The Morgan fingerprint density at radius 1 is 1.17 bits per heavy atom. The van der Waals surface area contributed by atoms with Gasteiger partial charge < -0.3 is 10.5 Å². The highest BCUT2D eigenvalue weighted by molar-refractivity contribution is 7.98. The average Bonchev–Trinajstić information content (AvgIpc) is 2.39. The van der Waals surface area contributed by atoms with Gasteiger partial charge >= 0.3 is 0 Å². The summed E-state index contributed by atoms with van der Waals surface area (Å²) in [6.07, 6.45) is 0. The van der Waals surface area contributed by atoms with Crippen molar-refractivity contribution >= 4 is 17.4 Å². The van der Waals surface area contributed by atoms with Gasteiger partial charge in [-0.25, -0.2) is 0 Å². The maximum absolute atomic E-state index is 5.80. The molecular weight excluding hydrogens is 242 g/mol. The van der Waals surface area contributed by atoms with E-state index in [0.29, 0.717) is 5.69 Å². The summed E-state index contributed by atoms with van der Waals surface area (Å²) in [4.78, 5) is 1.17. The van der Waals surface area contributed by atoms with Gasteiger partial charge in [-0.3, -0.25) is 0 Å². The molecule has 2 nitrogen and oxygen atoms in total. The maximum Gasteiger partial charge on any atom is 0.142 e. The van der Waals surface area contributed by atoms with Crippen LogP contribution in [0.3, 0.4) is 0 Å². The van der Waals surface area contributed by atoms with Gasteiger partial charge in [-0.2, -0.15) is 0 Å².